The second kappa shape index (κ2) is 19.6. The maximum Gasteiger partial charge on any atom is 0.339 e. The van der Waals surface area contributed by atoms with Crippen LogP contribution >= 0.6 is 57.5 Å². The van der Waals surface area contributed by atoms with Gasteiger partial charge in [0.2, 0.25) is 11.8 Å². The molecule has 0 aliphatic heterocycles. The molecule has 2 heterocycles. The number of aryl methyl sites for hydroxylation is 1. The Kier molecular flexibility index (Phi) is 14.7. The molecule has 2 amide bonds. The normalized spacial score (nSPS) is 11.2. The second-order valence-corrected chi connectivity index (χ2v) is 15.9. The van der Waals surface area contributed by atoms with Gasteiger partial charge in [-0.2, -0.15) is 5.26 Å². The Balaban J connectivity index is 0.000000219. The van der Waals surface area contributed by atoms with E-state index in [1.165, 1.54) is 11.3 Å². The lowest BCUT2D eigenvalue weighted by Crippen LogP contribution is -2.25. The Labute approximate surface area is 352 Å². The number of carboxylic acid groups (broad SMARTS) is 2. The van der Waals surface area contributed by atoms with Crippen LogP contribution in [0.4, 0.5) is 10.0 Å². The standard InChI is InChI=1S/C22H18Cl3NO3S.C21H16N2O3S/c1-11(2)18(12-3-6-14(23)7-4-12)20(27)26-21-19(22(28)29)15(10-30-21)13-5-8-16(24)17(25)9-13;22-12-15-6-9-16(10-7-15)17-13-27-20(19(17)21(25)26)23-18(24)11-8-14-4-2-1-3-5-14/h3-11,18H,1-2H3,(H,26,27)(H,28,29);1-7,9-10,13H,8,11H2,(H,23,24)(H,25,26). The molecule has 9 nitrogen and oxygen atoms in total. The number of rotatable bonds is 12. The molecule has 6 aromatic rings. The van der Waals surface area contributed by atoms with Gasteiger partial charge in [0.1, 0.15) is 21.1 Å². The van der Waals surface area contributed by atoms with Crippen LogP contribution < -0.4 is 10.6 Å². The van der Waals surface area contributed by atoms with E-state index in [0.29, 0.717) is 54.3 Å². The highest BCUT2D eigenvalue weighted by molar-refractivity contribution is 7.15. The van der Waals surface area contributed by atoms with Crippen LogP contribution in [0.15, 0.2) is 108 Å². The van der Waals surface area contributed by atoms with Crippen LogP contribution in [0.2, 0.25) is 15.1 Å². The third-order valence-corrected chi connectivity index (χ3v) is 11.5. The van der Waals surface area contributed by atoms with Gasteiger partial charge in [-0.3, -0.25) is 9.59 Å². The van der Waals surface area contributed by atoms with Crippen LogP contribution in [0, 0.1) is 17.2 Å². The van der Waals surface area contributed by atoms with Crippen LogP contribution in [-0.4, -0.2) is 34.0 Å². The lowest BCUT2D eigenvalue weighted by atomic mass is 9.87. The molecule has 57 heavy (non-hydrogen) atoms. The molecule has 4 N–H and O–H groups in total. The summed E-state index contributed by atoms with van der Waals surface area (Å²) in [5.74, 6) is -3.21. The number of carbonyl (C=O) groups is 4. The number of thiophene rings is 2. The predicted molar refractivity (Wildman–Crippen MR) is 229 cm³/mol. The Morgan fingerprint density at radius 2 is 1.28 bits per heavy atom. The minimum atomic E-state index is -1.14. The Morgan fingerprint density at radius 1 is 0.719 bits per heavy atom. The lowest BCUT2D eigenvalue weighted by molar-refractivity contribution is -0.118. The summed E-state index contributed by atoms with van der Waals surface area (Å²) in [5.41, 5.74) is 4.73. The van der Waals surface area contributed by atoms with E-state index >= 15 is 0 Å². The average Bonchev–Trinajstić information content (AvgIpc) is 3.81. The van der Waals surface area contributed by atoms with Gasteiger partial charge in [0.05, 0.1) is 27.6 Å². The highest BCUT2D eigenvalue weighted by Crippen LogP contribution is 2.39. The first-order valence-corrected chi connectivity index (χ1v) is 20.2. The maximum atomic E-state index is 13.1. The number of hydrogen-bond donors (Lipinski definition) is 4. The molecule has 2 aromatic heterocycles. The molecule has 290 valence electrons. The molecule has 1 atom stereocenters. The SMILES string of the molecule is CC(C)C(C(=O)Nc1scc(-c2ccc(Cl)c(Cl)c2)c1C(=O)O)c1ccc(Cl)cc1.N#Cc1ccc(-c2csc(NC(=O)CCc3ccccc3)c2C(=O)O)cc1. The zero-order valence-electron chi connectivity index (χ0n) is 30.4. The minimum Gasteiger partial charge on any atom is -0.478 e. The first kappa shape index (κ1) is 42.7. The third kappa shape index (κ3) is 10.9. The van der Waals surface area contributed by atoms with E-state index in [2.05, 4.69) is 10.6 Å². The van der Waals surface area contributed by atoms with Gasteiger partial charge in [-0.05, 0) is 71.0 Å². The number of carbonyl (C=O) groups excluding carboxylic acids is 2. The molecule has 14 heteroatoms. The van der Waals surface area contributed by atoms with Crippen molar-refractivity contribution in [3.05, 3.63) is 151 Å². The molecule has 4 aromatic carbocycles. The summed E-state index contributed by atoms with van der Waals surface area (Å²) in [6.07, 6.45) is 0.857. The fourth-order valence-electron chi connectivity index (χ4n) is 5.93. The van der Waals surface area contributed by atoms with E-state index in [-0.39, 0.29) is 40.3 Å². The monoisotopic (exact) mass is 857 g/mol. The Hall–Kier alpha value is -5.48. The van der Waals surface area contributed by atoms with Crippen molar-refractivity contribution in [2.45, 2.75) is 32.6 Å². The van der Waals surface area contributed by atoms with Gasteiger partial charge in [0.25, 0.3) is 0 Å². The van der Waals surface area contributed by atoms with Crippen molar-refractivity contribution in [2.75, 3.05) is 10.6 Å². The van der Waals surface area contributed by atoms with E-state index in [4.69, 9.17) is 40.1 Å². The largest absolute Gasteiger partial charge is 0.478 e. The van der Waals surface area contributed by atoms with E-state index < -0.39 is 17.9 Å². The van der Waals surface area contributed by atoms with Crippen molar-refractivity contribution in [1.82, 2.24) is 0 Å². The molecule has 0 radical (unpaired) electrons. The molecule has 0 aliphatic carbocycles. The smallest absolute Gasteiger partial charge is 0.339 e. The first-order valence-electron chi connectivity index (χ1n) is 17.3. The van der Waals surface area contributed by atoms with Crippen LogP contribution in [0.1, 0.15) is 63.6 Å². The van der Waals surface area contributed by atoms with E-state index in [1.54, 1.807) is 77.5 Å². The Bertz CT molecular complexity index is 2440. The van der Waals surface area contributed by atoms with Crippen molar-refractivity contribution < 1.29 is 29.4 Å². The summed E-state index contributed by atoms with van der Waals surface area (Å²) in [5, 5.41) is 39.1. The van der Waals surface area contributed by atoms with Gasteiger partial charge in [0, 0.05) is 33.3 Å². The molecule has 0 bridgehead atoms. The number of nitrogens with zero attached hydrogens (tertiary/aromatic N) is 1. The third-order valence-electron chi connectivity index (χ3n) is 8.72. The van der Waals surface area contributed by atoms with Crippen molar-refractivity contribution in [3.63, 3.8) is 0 Å². The summed E-state index contributed by atoms with van der Waals surface area (Å²) < 4.78 is 0. The lowest BCUT2D eigenvalue weighted by Gasteiger charge is -2.20. The highest BCUT2D eigenvalue weighted by Gasteiger charge is 2.28. The maximum absolute atomic E-state index is 13.1. The van der Waals surface area contributed by atoms with Gasteiger partial charge in [-0.25, -0.2) is 9.59 Å². The zero-order chi connectivity index (χ0) is 41.2. The quantitative estimate of drug-likeness (QED) is 0.0954. The number of nitriles is 1. The fourth-order valence-corrected chi connectivity index (χ4v) is 8.29. The van der Waals surface area contributed by atoms with Gasteiger partial charge in [-0.15, -0.1) is 22.7 Å². The second-order valence-electron chi connectivity index (χ2n) is 12.9. The molecule has 1 unspecified atom stereocenters. The number of hydrogen-bond acceptors (Lipinski definition) is 7. The van der Waals surface area contributed by atoms with Crippen molar-refractivity contribution in [2.24, 2.45) is 5.92 Å². The molecule has 0 saturated carbocycles. The number of aromatic carboxylic acids is 2. The summed E-state index contributed by atoms with van der Waals surface area (Å²) in [7, 11) is 0. The predicted octanol–water partition coefficient (Wildman–Crippen LogP) is 12.0. The summed E-state index contributed by atoms with van der Waals surface area (Å²) in [6, 6.07) is 30.3. The molecule has 0 saturated heterocycles. The number of benzene rings is 4. The Morgan fingerprint density at radius 3 is 1.82 bits per heavy atom. The molecule has 0 fully saturated rings. The molecule has 0 spiro atoms. The molecular formula is C43H34Cl3N3O6S2. The molecule has 0 aliphatic rings. The first-order chi connectivity index (χ1) is 27.3. The number of nitrogens with one attached hydrogen (secondary N) is 2. The summed E-state index contributed by atoms with van der Waals surface area (Å²) in [4.78, 5) is 49.1. The summed E-state index contributed by atoms with van der Waals surface area (Å²) in [6.45, 7) is 3.87. The zero-order valence-corrected chi connectivity index (χ0v) is 34.3. The highest BCUT2D eigenvalue weighted by atomic mass is 35.5. The minimum absolute atomic E-state index is 0.00559. The fraction of sp³-hybridized carbons (Fsp3) is 0.140. The van der Waals surface area contributed by atoms with Crippen LogP contribution in [0.3, 0.4) is 0 Å². The number of amides is 2. The number of halogens is 3. The van der Waals surface area contributed by atoms with Gasteiger partial charge < -0.3 is 20.8 Å². The van der Waals surface area contributed by atoms with Crippen molar-refractivity contribution >= 4 is 91.2 Å². The van der Waals surface area contributed by atoms with E-state index in [1.807, 2.05) is 50.2 Å². The van der Waals surface area contributed by atoms with Crippen molar-refractivity contribution in [1.29, 1.82) is 5.26 Å². The number of anilines is 2. The summed E-state index contributed by atoms with van der Waals surface area (Å²) >= 11 is 20.3. The van der Waals surface area contributed by atoms with Crippen LogP contribution in [-0.2, 0) is 16.0 Å². The van der Waals surface area contributed by atoms with E-state index in [0.717, 1.165) is 22.5 Å². The topological polar surface area (TPSA) is 157 Å². The van der Waals surface area contributed by atoms with Gasteiger partial charge in [-0.1, -0.05) is 109 Å². The van der Waals surface area contributed by atoms with Gasteiger partial charge >= 0.3 is 11.9 Å². The van der Waals surface area contributed by atoms with Crippen molar-refractivity contribution in [3.8, 4) is 28.3 Å². The van der Waals surface area contributed by atoms with Crippen LogP contribution in [0.25, 0.3) is 22.3 Å². The van der Waals surface area contributed by atoms with E-state index in [9.17, 15) is 29.4 Å². The van der Waals surface area contributed by atoms with Crippen LogP contribution in [0.5, 0.6) is 0 Å². The average molecular weight is 859 g/mol. The molecular weight excluding hydrogens is 825 g/mol. The molecule has 6 rings (SSSR count). The number of carboxylic acids is 2. The van der Waals surface area contributed by atoms with Gasteiger partial charge in [0.15, 0.2) is 0 Å².